The minimum atomic E-state index is -0.350. The largest absolute Gasteiger partial charge is 0.411 e. The van der Waals surface area contributed by atoms with E-state index in [0.29, 0.717) is 16.8 Å². The summed E-state index contributed by atoms with van der Waals surface area (Å²) < 4.78 is 18.4. The Labute approximate surface area is 142 Å². The van der Waals surface area contributed by atoms with Crippen molar-refractivity contribution in [3.63, 3.8) is 0 Å². The molecule has 1 heterocycles. The van der Waals surface area contributed by atoms with E-state index in [2.05, 4.69) is 15.5 Å². The molecule has 0 radical (unpaired) electrons. The van der Waals surface area contributed by atoms with Crippen LogP contribution in [0.4, 0.5) is 10.1 Å². The Hall–Kier alpha value is -2.67. The van der Waals surface area contributed by atoms with Gasteiger partial charge >= 0.3 is 0 Å². The second-order valence-corrected chi connectivity index (χ2v) is 6.01. The third-order valence-corrected chi connectivity index (χ3v) is 3.98. The molecule has 5 nitrogen and oxygen atoms in total. The molecule has 3 aromatic rings. The lowest BCUT2D eigenvalue weighted by molar-refractivity contribution is -0.113. The first-order valence-electron chi connectivity index (χ1n) is 7.19. The van der Waals surface area contributed by atoms with E-state index in [0.717, 1.165) is 22.9 Å². The number of aryl methyl sites for hydroxylation is 1. The Morgan fingerprint density at radius 2 is 1.83 bits per heavy atom. The summed E-state index contributed by atoms with van der Waals surface area (Å²) in [5.74, 6) is -0.0533. The van der Waals surface area contributed by atoms with Gasteiger partial charge in [0.25, 0.3) is 5.22 Å². The third kappa shape index (κ3) is 4.20. The normalized spacial score (nSPS) is 10.6. The number of anilines is 1. The van der Waals surface area contributed by atoms with Gasteiger partial charge in [0.05, 0.1) is 5.75 Å². The Kier molecular flexibility index (Phi) is 4.90. The lowest BCUT2D eigenvalue weighted by Crippen LogP contribution is -2.13. The number of thioether (sulfide) groups is 1. The van der Waals surface area contributed by atoms with Gasteiger partial charge in [-0.05, 0) is 43.3 Å². The molecule has 0 atom stereocenters. The van der Waals surface area contributed by atoms with Crippen LogP contribution in [0.25, 0.3) is 11.5 Å². The average Bonchev–Trinajstić information content (AvgIpc) is 3.05. The predicted octanol–water partition coefficient (Wildman–Crippen LogP) is 3.91. The van der Waals surface area contributed by atoms with Crippen LogP contribution in [-0.2, 0) is 4.79 Å². The standard InChI is InChI=1S/C17H14FN3O2S/c1-11-2-4-12(5-3-11)16-20-21-17(23-16)24-10-15(22)19-14-8-6-13(18)7-9-14/h2-9H,10H2,1H3,(H,19,22). The average molecular weight is 343 g/mol. The maximum atomic E-state index is 12.8. The number of nitrogens with zero attached hydrogens (tertiary/aromatic N) is 2. The summed E-state index contributed by atoms with van der Waals surface area (Å²) in [7, 11) is 0. The van der Waals surface area contributed by atoms with Crippen molar-refractivity contribution in [3.8, 4) is 11.5 Å². The van der Waals surface area contributed by atoms with E-state index in [-0.39, 0.29) is 17.5 Å². The van der Waals surface area contributed by atoms with Gasteiger partial charge in [-0.25, -0.2) is 4.39 Å². The highest BCUT2D eigenvalue weighted by molar-refractivity contribution is 7.99. The summed E-state index contributed by atoms with van der Waals surface area (Å²) in [5.41, 5.74) is 2.51. The number of carbonyl (C=O) groups is 1. The van der Waals surface area contributed by atoms with Gasteiger partial charge in [-0.1, -0.05) is 29.5 Å². The molecule has 3 rings (SSSR count). The van der Waals surface area contributed by atoms with Crippen LogP contribution in [0.1, 0.15) is 5.56 Å². The molecule has 0 aliphatic heterocycles. The van der Waals surface area contributed by atoms with Crippen LogP contribution in [0, 0.1) is 12.7 Å². The second-order valence-electron chi connectivity index (χ2n) is 5.08. The molecule has 7 heteroatoms. The van der Waals surface area contributed by atoms with Crippen molar-refractivity contribution in [1.29, 1.82) is 0 Å². The lowest BCUT2D eigenvalue weighted by atomic mass is 10.1. The smallest absolute Gasteiger partial charge is 0.277 e. The van der Waals surface area contributed by atoms with Crippen LogP contribution >= 0.6 is 11.8 Å². The Morgan fingerprint density at radius 3 is 2.54 bits per heavy atom. The summed E-state index contributed by atoms with van der Waals surface area (Å²) in [6.07, 6.45) is 0. The molecule has 0 saturated heterocycles. The van der Waals surface area contributed by atoms with Gasteiger partial charge in [-0.15, -0.1) is 10.2 Å². The molecule has 0 aliphatic carbocycles. The highest BCUT2D eigenvalue weighted by Gasteiger charge is 2.11. The van der Waals surface area contributed by atoms with Gasteiger partial charge in [0.1, 0.15) is 5.82 Å². The topological polar surface area (TPSA) is 68.0 Å². The zero-order valence-electron chi connectivity index (χ0n) is 12.8. The molecule has 24 heavy (non-hydrogen) atoms. The molecule has 1 N–H and O–H groups in total. The van der Waals surface area contributed by atoms with Crippen LogP contribution in [0.5, 0.6) is 0 Å². The fourth-order valence-electron chi connectivity index (χ4n) is 1.94. The fourth-order valence-corrected chi connectivity index (χ4v) is 2.50. The molecule has 1 aromatic heterocycles. The first-order valence-corrected chi connectivity index (χ1v) is 8.17. The van der Waals surface area contributed by atoms with Crippen molar-refractivity contribution in [1.82, 2.24) is 10.2 Å². The number of hydrogen-bond donors (Lipinski definition) is 1. The minimum Gasteiger partial charge on any atom is -0.411 e. The lowest BCUT2D eigenvalue weighted by Gasteiger charge is -2.03. The zero-order chi connectivity index (χ0) is 16.9. The molecule has 0 saturated carbocycles. The van der Waals surface area contributed by atoms with E-state index in [1.165, 1.54) is 24.3 Å². The van der Waals surface area contributed by atoms with E-state index in [4.69, 9.17) is 4.42 Å². The first kappa shape index (κ1) is 16.2. The SMILES string of the molecule is Cc1ccc(-c2nnc(SCC(=O)Nc3ccc(F)cc3)o2)cc1. The van der Waals surface area contributed by atoms with Crippen molar-refractivity contribution in [3.05, 3.63) is 59.9 Å². The van der Waals surface area contributed by atoms with Crippen molar-refractivity contribution >= 4 is 23.4 Å². The molecule has 0 unspecified atom stereocenters. The molecule has 0 bridgehead atoms. The van der Waals surface area contributed by atoms with Gasteiger partial charge in [0.2, 0.25) is 11.8 Å². The van der Waals surface area contributed by atoms with Crippen LogP contribution in [0.2, 0.25) is 0 Å². The summed E-state index contributed by atoms with van der Waals surface area (Å²) in [4.78, 5) is 11.9. The number of nitrogens with one attached hydrogen (secondary N) is 1. The highest BCUT2D eigenvalue weighted by Crippen LogP contribution is 2.23. The number of rotatable bonds is 5. The Morgan fingerprint density at radius 1 is 1.12 bits per heavy atom. The maximum Gasteiger partial charge on any atom is 0.277 e. The molecule has 0 spiro atoms. The van der Waals surface area contributed by atoms with Gasteiger partial charge in [0.15, 0.2) is 0 Å². The maximum absolute atomic E-state index is 12.8. The monoisotopic (exact) mass is 343 g/mol. The van der Waals surface area contributed by atoms with Crippen LogP contribution < -0.4 is 5.32 Å². The number of halogens is 1. The van der Waals surface area contributed by atoms with E-state index in [1.54, 1.807) is 0 Å². The summed E-state index contributed by atoms with van der Waals surface area (Å²) in [5, 5.41) is 10.9. The molecule has 1 amide bonds. The highest BCUT2D eigenvalue weighted by atomic mass is 32.2. The molecular weight excluding hydrogens is 329 g/mol. The van der Waals surface area contributed by atoms with Gasteiger partial charge < -0.3 is 9.73 Å². The van der Waals surface area contributed by atoms with Crippen molar-refractivity contribution < 1.29 is 13.6 Å². The molecular formula is C17H14FN3O2S. The molecule has 122 valence electrons. The number of aromatic nitrogens is 2. The van der Waals surface area contributed by atoms with E-state index in [9.17, 15) is 9.18 Å². The van der Waals surface area contributed by atoms with Gasteiger partial charge in [-0.2, -0.15) is 0 Å². The number of amides is 1. The van der Waals surface area contributed by atoms with Crippen LogP contribution in [-0.4, -0.2) is 21.9 Å². The Bertz CT molecular complexity index is 832. The fraction of sp³-hybridized carbons (Fsp3) is 0.118. The quantitative estimate of drug-likeness (QED) is 0.711. The second kappa shape index (κ2) is 7.27. The van der Waals surface area contributed by atoms with Crippen molar-refractivity contribution in [2.24, 2.45) is 0 Å². The van der Waals surface area contributed by atoms with Crippen LogP contribution in [0.3, 0.4) is 0 Å². The molecule has 0 aliphatic rings. The third-order valence-electron chi connectivity index (χ3n) is 3.16. The number of carbonyl (C=O) groups excluding carboxylic acids is 1. The van der Waals surface area contributed by atoms with Gasteiger partial charge in [0, 0.05) is 11.3 Å². The van der Waals surface area contributed by atoms with Crippen LogP contribution in [0.15, 0.2) is 58.2 Å². The predicted molar refractivity (Wildman–Crippen MR) is 90.2 cm³/mol. The van der Waals surface area contributed by atoms with E-state index in [1.807, 2.05) is 31.2 Å². The van der Waals surface area contributed by atoms with Gasteiger partial charge in [-0.3, -0.25) is 4.79 Å². The van der Waals surface area contributed by atoms with E-state index < -0.39 is 0 Å². The number of benzene rings is 2. The molecule has 0 fully saturated rings. The molecule has 2 aromatic carbocycles. The minimum absolute atomic E-state index is 0.118. The summed E-state index contributed by atoms with van der Waals surface area (Å²) >= 11 is 1.14. The summed E-state index contributed by atoms with van der Waals surface area (Å²) in [6.45, 7) is 2.00. The number of hydrogen-bond acceptors (Lipinski definition) is 5. The Balaban J connectivity index is 1.56. The summed E-state index contributed by atoms with van der Waals surface area (Å²) in [6, 6.07) is 13.3. The van der Waals surface area contributed by atoms with Crippen molar-refractivity contribution in [2.45, 2.75) is 12.1 Å². The van der Waals surface area contributed by atoms with E-state index >= 15 is 0 Å². The zero-order valence-corrected chi connectivity index (χ0v) is 13.6. The first-order chi connectivity index (χ1) is 11.6. The van der Waals surface area contributed by atoms with Crippen molar-refractivity contribution in [2.75, 3.05) is 11.1 Å².